The van der Waals surface area contributed by atoms with Crippen molar-refractivity contribution in [2.45, 2.75) is 19.0 Å². The van der Waals surface area contributed by atoms with Crippen LogP contribution < -0.4 is 10.6 Å². The monoisotopic (exact) mass is 364 g/mol. The molecule has 1 heterocycles. The number of carbonyl (C=O) groups is 1. The van der Waals surface area contributed by atoms with Crippen molar-refractivity contribution < 1.29 is 22.7 Å². The molecule has 4 nitrogen and oxygen atoms in total. The lowest BCUT2D eigenvalue weighted by molar-refractivity contribution is -0.137. The zero-order valence-electron chi connectivity index (χ0n) is 14.0. The predicted molar refractivity (Wildman–Crippen MR) is 93.3 cm³/mol. The third-order valence-electron chi connectivity index (χ3n) is 4.25. The van der Waals surface area contributed by atoms with Gasteiger partial charge in [0.05, 0.1) is 5.56 Å². The molecular weight excluding hydrogens is 345 g/mol. The number of ether oxygens (including phenoxy) is 1. The Kier molecular flexibility index (Phi) is 5.46. The number of rotatable bonds is 4. The summed E-state index contributed by atoms with van der Waals surface area (Å²) in [5.41, 5.74) is 1.26. The number of carbonyl (C=O) groups excluding carboxylic acids is 1. The van der Waals surface area contributed by atoms with Crippen molar-refractivity contribution in [1.82, 2.24) is 0 Å². The van der Waals surface area contributed by atoms with Gasteiger partial charge in [0.25, 0.3) is 0 Å². The van der Waals surface area contributed by atoms with E-state index in [-0.39, 0.29) is 11.8 Å². The third kappa shape index (κ3) is 4.76. The summed E-state index contributed by atoms with van der Waals surface area (Å²) in [5.74, 6) is -0.0505. The van der Waals surface area contributed by atoms with E-state index < -0.39 is 11.7 Å². The second kappa shape index (κ2) is 7.78. The molecule has 2 N–H and O–H groups in total. The molecule has 1 fully saturated rings. The maximum Gasteiger partial charge on any atom is 0.416 e. The molecule has 3 rings (SSSR count). The molecule has 2 aromatic carbocycles. The minimum absolute atomic E-state index is 0.0169. The summed E-state index contributed by atoms with van der Waals surface area (Å²) >= 11 is 0. The summed E-state index contributed by atoms with van der Waals surface area (Å²) in [4.78, 5) is 12.2. The Morgan fingerprint density at radius 2 is 1.38 bits per heavy atom. The minimum Gasteiger partial charge on any atom is -0.381 e. The van der Waals surface area contributed by atoms with Gasteiger partial charge in [-0.3, -0.25) is 4.79 Å². The highest BCUT2D eigenvalue weighted by atomic mass is 19.4. The third-order valence-corrected chi connectivity index (χ3v) is 4.25. The topological polar surface area (TPSA) is 50.4 Å². The van der Waals surface area contributed by atoms with Gasteiger partial charge < -0.3 is 15.4 Å². The molecule has 0 aliphatic carbocycles. The zero-order chi connectivity index (χ0) is 18.6. The van der Waals surface area contributed by atoms with Crippen molar-refractivity contribution in [1.29, 1.82) is 0 Å². The van der Waals surface area contributed by atoms with E-state index in [0.29, 0.717) is 30.3 Å². The Morgan fingerprint density at radius 3 is 1.92 bits per heavy atom. The SMILES string of the molecule is O=C(Nc1ccc(Nc2ccc(C(F)(F)F)cc2)cc1)C1CCOCC1. The Morgan fingerprint density at radius 1 is 0.885 bits per heavy atom. The molecule has 26 heavy (non-hydrogen) atoms. The van der Waals surface area contributed by atoms with Crippen LogP contribution in [0.25, 0.3) is 0 Å². The molecule has 0 radical (unpaired) electrons. The van der Waals surface area contributed by atoms with E-state index >= 15 is 0 Å². The average molecular weight is 364 g/mol. The molecular formula is C19H19F3N2O2. The molecule has 138 valence electrons. The smallest absolute Gasteiger partial charge is 0.381 e. The van der Waals surface area contributed by atoms with Gasteiger partial charge in [0, 0.05) is 36.2 Å². The van der Waals surface area contributed by atoms with Crippen LogP contribution in [0.2, 0.25) is 0 Å². The summed E-state index contributed by atoms with van der Waals surface area (Å²) in [6, 6.07) is 11.9. The van der Waals surface area contributed by atoms with Gasteiger partial charge in [-0.15, -0.1) is 0 Å². The van der Waals surface area contributed by atoms with Gasteiger partial charge in [0.15, 0.2) is 0 Å². The molecule has 1 aliphatic rings. The number of alkyl halides is 3. The first-order valence-electron chi connectivity index (χ1n) is 8.35. The van der Waals surface area contributed by atoms with Crippen LogP contribution >= 0.6 is 0 Å². The number of hydrogen-bond donors (Lipinski definition) is 2. The van der Waals surface area contributed by atoms with Crippen LogP contribution in [0, 0.1) is 5.92 Å². The van der Waals surface area contributed by atoms with Crippen molar-refractivity contribution >= 4 is 23.0 Å². The van der Waals surface area contributed by atoms with E-state index in [4.69, 9.17) is 4.74 Å². The zero-order valence-corrected chi connectivity index (χ0v) is 14.0. The van der Waals surface area contributed by atoms with Gasteiger partial charge in [-0.25, -0.2) is 0 Å². The number of halogens is 3. The summed E-state index contributed by atoms with van der Waals surface area (Å²) in [7, 11) is 0. The summed E-state index contributed by atoms with van der Waals surface area (Å²) in [5, 5.41) is 5.91. The van der Waals surface area contributed by atoms with Gasteiger partial charge >= 0.3 is 6.18 Å². The maximum absolute atomic E-state index is 12.6. The second-order valence-electron chi connectivity index (χ2n) is 6.15. The number of benzene rings is 2. The van der Waals surface area contributed by atoms with Crippen LogP contribution in [0.3, 0.4) is 0 Å². The average Bonchev–Trinajstić information content (AvgIpc) is 2.64. The minimum atomic E-state index is -4.34. The van der Waals surface area contributed by atoms with Gasteiger partial charge in [0.1, 0.15) is 0 Å². The van der Waals surface area contributed by atoms with Crippen molar-refractivity contribution in [2.24, 2.45) is 5.92 Å². The fourth-order valence-corrected chi connectivity index (χ4v) is 2.75. The van der Waals surface area contributed by atoms with Crippen molar-refractivity contribution in [3.05, 3.63) is 54.1 Å². The maximum atomic E-state index is 12.6. The Balaban J connectivity index is 1.58. The molecule has 7 heteroatoms. The van der Waals surface area contributed by atoms with Crippen molar-refractivity contribution in [3.8, 4) is 0 Å². The van der Waals surface area contributed by atoms with Crippen LogP contribution in [0.4, 0.5) is 30.2 Å². The normalized spacial score (nSPS) is 15.5. The highest BCUT2D eigenvalue weighted by Crippen LogP contribution is 2.30. The van der Waals surface area contributed by atoms with Gasteiger partial charge in [0.2, 0.25) is 5.91 Å². The van der Waals surface area contributed by atoms with Gasteiger partial charge in [-0.05, 0) is 61.4 Å². The quantitative estimate of drug-likeness (QED) is 0.818. The molecule has 0 unspecified atom stereocenters. The molecule has 0 atom stereocenters. The molecule has 0 saturated carbocycles. The molecule has 0 bridgehead atoms. The molecule has 1 saturated heterocycles. The first-order chi connectivity index (χ1) is 12.4. The van der Waals surface area contributed by atoms with Crippen LogP contribution in [0.5, 0.6) is 0 Å². The summed E-state index contributed by atoms with van der Waals surface area (Å²) in [6.45, 7) is 1.21. The first kappa shape index (κ1) is 18.3. The van der Waals surface area contributed by atoms with E-state index in [1.165, 1.54) is 12.1 Å². The van der Waals surface area contributed by atoms with Gasteiger partial charge in [-0.1, -0.05) is 0 Å². The highest BCUT2D eigenvalue weighted by Gasteiger charge is 2.29. The van der Waals surface area contributed by atoms with E-state index in [0.717, 1.165) is 25.0 Å². The van der Waals surface area contributed by atoms with Crippen LogP contribution in [0.1, 0.15) is 18.4 Å². The Bertz CT molecular complexity index is 737. The standard InChI is InChI=1S/C19H19F3N2O2/c20-19(21,22)14-1-3-15(4-2-14)23-16-5-7-17(8-6-16)24-18(25)13-9-11-26-12-10-13/h1-8,13,23H,9-12H2,(H,24,25). The van der Waals surface area contributed by atoms with E-state index in [1.807, 2.05) is 0 Å². The Hall–Kier alpha value is -2.54. The number of hydrogen-bond acceptors (Lipinski definition) is 3. The fraction of sp³-hybridized carbons (Fsp3) is 0.316. The second-order valence-corrected chi connectivity index (χ2v) is 6.15. The molecule has 1 amide bonds. The molecule has 2 aromatic rings. The van der Waals surface area contributed by atoms with Crippen molar-refractivity contribution in [2.75, 3.05) is 23.8 Å². The lowest BCUT2D eigenvalue weighted by atomic mass is 9.99. The Labute approximate surface area is 149 Å². The first-order valence-corrected chi connectivity index (χ1v) is 8.35. The van der Waals surface area contributed by atoms with Crippen molar-refractivity contribution in [3.63, 3.8) is 0 Å². The number of amides is 1. The van der Waals surface area contributed by atoms with Crippen LogP contribution in [-0.2, 0) is 15.7 Å². The fourth-order valence-electron chi connectivity index (χ4n) is 2.75. The summed E-state index contributed by atoms with van der Waals surface area (Å²) in [6.07, 6.45) is -2.90. The number of nitrogens with one attached hydrogen (secondary N) is 2. The van der Waals surface area contributed by atoms with Crippen LogP contribution in [0.15, 0.2) is 48.5 Å². The van der Waals surface area contributed by atoms with Crippen LogP contribution in [-0.4, -0.2) is 19.1 Å². The van der Waals surface area contributed by atoms with Gasteiger partial charge in [-0.2, -0.15) is 13.2 Å². The molecule has 1 aliphatic heterocycles. The highest BCUT2D eigenvalue weighted by molar-refractivity contribution is 5.92. The van der Waals surface area contributed by atoms with E-state index in [1.54, 1.807) is 24.3 Å². The largest absolute Gasteiger partial charge is 0.416 e. The molecule has 0 aromatic heterocycles. The van der Waals surface area contributed by atoms with E-state index in [2.05, 4.69) is 10.6 Å². The lowest BCUT2D eigenvalue weighted by Crippen LogP contribution is -2.28. The summed E-state index contributed by atoms with van der Waals surface area (Å²) < 4.78 is 43.0. The lowest BCUT2D eigenvalue weighted by Gasteiger charge is -2.21. The molecule has 0 spiro atoms. The van der Waals surface area contributed by atoms with E-state index in [9.17, 15) is 18.0 Å². The predicted octanol–water partition coefficient (Wildman–Crippen LogP) is 4.81. The number of anilines is 3.